The highest BCUT2D eigenvalue weighted by Gasteiger charge is 2.35. The first kappa shape index (κ1) is 20.7. The highest BCUT2D eigenvalue weighted by molar-refractivity contribution is 5.85. The molecule has 0 spiro atoms. The minimum atomic E-state index is -0.394. The van der Waals surface area contributed by atoms with Gasteiger partial charge in [-0.1, -0.05) is 12.8 Å². The van der Waals surface area contributed by atoms with Crippen molar-refractivity contribution in [2.75, 3.05) is 33.0 Å². The zero-order valence-corrected chi connectivity index (χ0v) is 15.2. The van der Waals surface area contributed by atoms with Gasteiger partial charge in [0, 0.05) is 33.0 Å². The van der Waals surface area contributed by atoms with E-state index in [1.807, 2.05) is 6.92 Å². The molecule has 1 aliphatic carbocycles. The van der Waals surface area contributed by atoms with Crippen LogP contribution in [0.2, 0.25) is 0 Å². The van der Waals surface area contributed by atoms with Gasteiger partial charge in [-0.25, -0.2) is 0 Å². The average Bonchev–Trinajstić information content (AvgIpc) is 3.02. The summed E-state index contributed by atoms with van der Waals surface area (Å²) in [5.74, 6) is 0.270. The SMILES string of the molecule is CCOCCC1(CNC(=O)C(N)C2CCOCC2)CCCC1.Cl. The predicted molar refractivity (Wildman–Crippen MR) is 93.8 cm³/mol. The molecule has 0 radical (unpaired) electrons. The quantitative estimate of drug-likeness (QED) is 0.660. The minimum absolute atomic E-state index is 0. The molecule has 1 atom stereocenters. The third-order valence-corrected chi connectivity index (χ3v) is 5.36. The Hall–Kier alpha value is -0.360. The van der Waals surface area contributed by atoms with Crippen molar-refractivity contribution in [3.05, 3.63) is 0 Å². The smallest absolute Gasteiger partial charge is 0.237 e. The van der Waals surface area contributed by atoms with E-state index in [0.717, 1.165) is 52.2 Å². The molecule has 0 aromatic carbocycles. The van der Waals surface area contributed by atoms with E-state index < -0.39 is 6.04 Å². The summed E-state index contributed by atoms with van der Waals surface area (Å²) in [7, 11) is 0. The van der Waals surface area contributed by atoms with Crippen LogP contribution in [0.3, 0.4) is 0 Å². The van der Waals surface area contributed by atoms with Gasteiger partial charge in [0.2, 0.25) is 5.91 Å². The van der Waals surface area contributed by atoms with Crippen molar-refractivity contribution in [2.45, 2.75) is 57.9 Å². The Morgan fingerprint density at radius 1 is 1.35 bits per heavy atom. The van der Waals surface area contributed by atoms with Gasteiger partial charge in [-0.3, -0.25) is 4.79 Å². The first-order chi connectivity index (χ1) is 10.7. The van der Waals surface area contributed by atoms with Crippen LogP contribution in [0.25, 0.3) is 0 Å². The number of hydrogen-bond acceptors (Lipinski definition) is 4. The second-order valence-electron chi connectivity index (χ2n) is 6.85. The first-order valence-corrected chi connectivity index (χ1v) is 8.86. The lowest BCUT2D eigenvalue weighted by atomic mass is 9.82. The molecule has 5 nitrogen and oxygen atoms in total. The number of rotatable bonds is 8. The van der Waals surface area contributed by atoms with Gasteiger partial charge >= 0.3 is 0 Å². The summed E-state index contributed by atoms with van der Waals surface area (Å²) < 4.78 is 10.9. The lowest BCUT2D eigenvalue weighted by Crippen LogP contribution is -2.49. The van der Waals surface area contributed by atoms with Gasteiger partial charge in [0.05, 0.1) is 6.04 Å². The van der Waals surface area contributed by atoms with E-state index >= 15 is 0 Å². The standard InChI is InChI=1S/C17H32N2O3.ClH/c1-2-21-12-9-17(7-3-4-8-17)13-19-16(20)15(18)14-5-10-22-11-6-14;/h14-15H,2-13,18H2,1H3,(H,19,20);1H. The predicted octanol–water partition coefficient (Wildman–Crippen LogP) is 2.27. The highest BCUT2D eigenvalue weighted by atomic mass is 35.5. The number of ether oxygens (including phenoxy) is 2. The summed E-state index contributed by atoms with van der Waals surface area (Å²) in [6.45, 7) is 5.77. The summed E-state index contributed by atoms with van der Waals surface area (Å²) in [4.78, 5) is 12.4. The lowest BCUT2D eigenvalue weighted by molar-refractivity contribution is -0.125. The zero-order chi connectivity index (χ0) is 15.8. The van der Waals surface area contributed by atoms with Crippen molar-refractivity contribution >= 4 is 18.3 Å². The molecule has 1 unspecified atom stereocenters. The normalized spacial score (nSPS) is 22.3. The van der Waals surface area contributed by atoms with Crippen molar-refractivity contribution in [3.8, 4) is 0 Å². The van der Waals surface area contributed by atoms with E-state index in [1.165, 1.54) is 25.7 Å². The third-order valence-electron chi connectivity index (χ3n) is 5.36. The maximum absolute atomic E-state index is 12.4. The maximum Gasteiger partial charge on any atom is 0.237 e. The van der Waals surface area contributed by atoms with E-state index in [9.17, 15) is 4.79 Å². The van der Waals surface area contributed by atoms with Crippen molar-refractivity contribution in [3.63, 3.8) is 0 Å². The molecule has 0 bridgehead atoms. The van der Waals surface area contributed by atoms with Crippen LogP contribution in [0.4, 0.5) is 0 Å². The molecule has 1 amide bonds. The topological polar surface area (TPSA) is 73.6 Å². The average molecular weight is 349 g/mol. The molecule has 1 aliphatic heterocycles. The Balaban J connectivity index is 0.00000264. The monoisotopic (exact) mass is 348 g/mol. The van der Waals surface area contributed by atoms with Gasteiger partial charge in [-0.15, -0.1) is 12.4 Å². The fourth-order valence-corrected chi connectivity index (χ4v) is 3.75. The van der Waals surface area contributed by atoms with Crippen molar-refractivity contribution in [1.29, 1.82) is 0 Å². The number of carbonyl (C=O) groups is 1. The number of nitrogens with two attached hydrogens (primary N) is 1. The molecule has 2 fully saturated rings. The second-order valence-corrected chi connectivity index (χ2v) is 6.85. The number of nitrogens with one attached hydrogen (secondary N) is 1. The van der Waals surface area contributed by atoms with Gasteiger partial charge in [-0.05, 0) is 50.4 Å². The van der Waals surface area contributed by atoms with E-state index in [4.69, 9.17) is 15.2 Å². The lowest BCUT2D eigenvalue weighted by Gasteiger charge is -2.31. The molecule has 1 heterocycles. The Morgan fingerprint density at radius 2 is 2.00 bits per heavy atom. The summed E-state index contributed by atoms with van der Waals surface area (Å²) in [5, 5.41) is 3.13. The molecule has 1 saturated heterocycles. The number of carbonyl (C=O) groups excluding carboxylic acids is 1. The van der Waals surface area contributed by atoms with Gasteiger partial charge in [0.25, 0.3) is 0 Å². The Bertz CT molecular complexity index is 343. The first-order valence-electron chi connectivity index (χ1n) is 8.86. The van der Waals surface area contributed by atoms with Gasteiger partial charge in [0.15, 0.2) is 0 Å². The third kappa shape index (κ3) is 6.22. The zero-order valence-electron chi connectivity index (χ0n) is 14.4. The second kappa shape index (κ2) is 10.5. The van der Waals surface area contributed by atoms with E-state index in [0.29, 0.717) is 0 Å². The van der Waals surface area contributed by atoms with E-state index in [1.54, 1.807) is 0 Å². The molecule has 0 aromatic heterocycles. The van der Waals surface area contributed by atoms with E-state index in [-0.39, 0.29) is 29.6 Å². The van der Waals surface area contributed by atoms with Crippen LogP contribution in [-0.2, 0) is 14.3 Å². The fraction of sp³-hybridized carbons (Fsp3) is 0.941. The van der Waals surface area contributed by atoms with Gasteiger partial charge < -0.3 is 20.5 Å². The molecule has 136 valence electrons. The van der Waals surface area contributed by atoms with Gasteiger partial charge in [0.1, 0.15) is 0 Å². The van der Waals surface area contributed by atoms with Crippen molar-refractivity contribution < 1.29 is 14.3 Å². The molecule has 0 aromatic rings. The van der Waals surface area contributed by atoms with Gasteiger partial charge in [-0.2, -0.15) is 0 Å². The van der Waals surface area contributed by atoms with Crippen molar-refractivity contribution in [1.82, 2.24) is 5.32 Å². The Labute approximate surface area is 146 Å². The molecule has 3 N–H and O–H groups in total. The minimum Gasteiger partial charge on any atom is -0.382 e. The molecular weight excluding hydrogens is 316 g/mol. The summed E-state index contributed by atoms with van der Waals surface area (Å²) >= 11 is 0. The molecule has 2 aliphatic rings. The van der Waals surface area contributed by atoms with Crippen LogP contribution < -0.4 is 11.1 Å². The Kier molecular flexibility index (Phi) is 9.44. The van der Waals surface area contributed by atoms with Crippen LogP contribution in [0.15, 0.2) is 0 Å². The molecular formula is C17H33ClN2O3. The van der Waals surface area contributed by atoms with Crippen LogP contribution in [0, 0.1) is 11.3 Å². The molecule has 23 heavy (non-hydrogen) atoms. The van der Waals surface area contributed by atoms with Crippen LogP contribution in [0.1, 0.15) is 51.9 Å². The largest absolute Gasteiger partial charge is 0.382 e. The molecule has 1 saturated carbocycles. The summed E-state index contributed by atoms with van der Waals surface area (Å²) in [6.07, 6.45) is 7.71. The van der Waals surface area contributed by atoms with E-state index in [2.05, 4.69) is 5.32 Å². The number of halogens is 1. The van der Waals surface area contributed by atoms with Crippen LogP contribution in [0.5, 0.6) is 0 Å². The van der Waals surface area contributed by atoms with Crippen LogP contribution in [-0.4, -0.2) is 44.9 Å². The summed E-state index contributed by atoms with van der Waals surface area (Å²) in [6, 6.07) is -0.394. The number of amides is 1. The molecule has 6 heteroatoms. The Morgan fingerprint density at radius 3 is 2.61 bits per heavy atom. The van der Waals surface area contributed by atoms with Crippen molar-refractivity contribution in [2.24, 2.45) is 17.1 Å². The summed E-state index contributed by atoms with van der Waals surface area (Å²) in [5.41, 5.74) is 6.37. The maximum atomic E-state index is 12.4. The molecule has 2 rings (SSSR count). The number of hydrogen-bond donors (Lipinski definition) is 2. The fourth-order valence-electron chi connectivity index (χ4n) is 3.75. The van der Waals surface area contributed by atoms with Crippen LogP contribution >= 0.6 is 12.4 Å². The highest BCUT2D eigenvalue weighted by Crippen LogP contribution is 2.40.